The van der Waals surface area contributed by atoms with Crippen molar-refractivity contribution >= 4 is 5.91 Å². The summed E-state index contributed by atoms with van der Waals surface area (Å²) in [6.07, 6.45) is 34.6. The van der Waals surface area contributed by atoms with Gasteiger partial charge in [0.05, 0.1) is 18.8 Å². The lowest BCUT2D eigenvalue weighted by Gasteiger charge is -2.19. The summed E-state index contributed by atoms with van der Waals surface area (Å²) in [6, 6.07) is -0.645. The molecular formula is C31H55NO3. The fraction of sp³-hybridized carbons (Fsp3) is 0.710. The quantitative estimate of drug-likeness (QED) is 0.0960. The largest absolute Gasteiger partial charge is 0.394 e. The van der Waals surface area contributed by atoms with E-state index in [2.05, 4.69) is 55.6 Å². The highest BCUT2D eigenvalue weighted by atomic mass is 16.3. The highest BCUT2D eigenvalue weighted by Gasteiger charge is 2.17. The predicted molar refractivity (Wildman–Crippen MR) is 151 cm³/mol. The second-order valence-corrected chi connectivity index (χ2v) is 9.44. The van der Waals surface area contributed by atoms with E-state index in [4.69, 9.17) is 0 Å². The smallest absolute Gasteiger partial charge is 0.220 e. The number of aliphatic hydroxyl groups is 2. The summed E-state index contributed by atoms with van der Waals surface area (Å²) in [4.78, 5) is 12.2. The van der Waals surface area contributed by atoms with E-state index in [-0.39, 0.29) is 12.5 Å². The molecular weight excluding hydrogens is 434 g/mol. The van der Waals surface area contributed by atoms with Crippen LogP contribution in [-0.4, -0.2) is 34.9 Å². The third-order valence-corrected chi connectivity index (χ3v) is 5.99. The SMILES string of the molecule is CCC/C=C\CCCCCCCC(=O)NC(CO)C(O)/C=C/CC/C=C/CC/C=C/CCCCC. The minimum Gasteiger partial charge on any atom is -0.394 e. The van der Waals surface area contributed by atoms with Crippen molar-refractivity contribution in [2.75, 3.05) is 6.61 Å². The van der Waals surface area contributed by atoms with Crippen LogP contribution in [0.1, 0.15) is 123 Å². The van der Waals surface area contributed by atoms with Gasteiger partial charge < -0.3 is 15.5 Å². The Hall–Kier alpha value is -1.65. The molecule has 35 heavy (non-hydrogen) atoms. The van der Waals surface area contributed by atoms with Crippen molar-refractivity contribution < 1.29 is 15.0 Å². The van der Waals surface area contributed by atoms with Gasteiger partial charge in [-0.1, -0.05) is 101 Å². The first-order valence-electron chi connectivity index (χ1n) is 14.4. The molecule has 0 fully saturated rings. The van der Waals surface area contributed by atoms with E-state index in [1.807, 2.05) is 6.08 Å². The van der Waals surface area contributed by atoms with Crippen LogP contribution in [0.3, 0.4) is 0 Å². The van der Waals surface area contributed by atoms with Crippen molar-refractivity contribution in [2.45, 2.75) is 135 Å². The number of carbonyl (C=O) groups is 1. The Bertz CT molecular complexity index is 580. The minimum absolute atomic E-state index is 0.0960. The molecule has 2 atom stereocenters. The molecule has 0 aromatic carbocycles. The second kappa shape index (κ2) is 26.9. The lowest BCUT2D eigenvalue weighted by atomic mass is 10.1. The molecule has 0 aromatic rings. The Kier molecular flexibility index (Phi) is 25.7. The number of allylic oxidation sites excluding steroid dienone is 7. The molecule has 0 aliphatic carbocycles. The first kappa shape index (κ1) is 33.4. The highest BCUT2D eigenvalue weighted by Crippen LogP contribution is 2.09. The van der Waals surface area contributed by atoms with Crippen molar-refractivity contribution in [1.29, 1.82) is 0 Å². The van der Waals surface area contributed by atoms with Crippen molar-refractivity contribution in [3.05, 3.63) is 48.6 Å². The number of aliphatic hydroxyl groups excluding tert-OH is 2. The van der Waals surface area contributed by atoms with E-state index in [0.29, 0.717) is 6.42 Å². The van der Waals surface area contributed by atoms with Crippen LogP contribution in [0.4, 0.5) is 0 Å². The third kappa shape index (κ3) is 23.8. The van der Waals surface area contributed by atoms with Gasteiger partial charge in [-0.3, -0.25) is 4.79 Å². The lowest BCUT2D eigenvalue weighted by Crippen LogP contribution is -2.45. The fourth-order valence-corrected chi connectivity index (χ4v) is 3.74. The molecule has 0 rings (SSSR count). The lowest BCUT2D eigenvalue weighted by molar-refractivity contribution is -0.123. The van der Waals surface area contributed by atoms with Gasteiger partial charge in [-0.2, -0.15) is 0 Å². The standard InChI is InChI=1S/C31H55NO3/c1-3-5-7-9-11-13-15-16-17-18-20-22-24-26-30(34)29(28-33)32-31(35)27-25-23-21-19-14-12-10-8-6-4-2/h8,10-11,13,17-18,24,26,29-30,33-34H,3-7,9,12,14-16,19-23,25,27-28H2,1-2H3,(H,32,35)/b10-8-,13-11+,18-17+,26-24+. The molecule has 3 N–H and O–H groups in total. The molecule has 4 nitrogen and oxygen atoms in total. The first-order valence-corrected chi connectivity index (χ1v) is 14.4. The molecule has 1 amide bonds. The van der Waals surface area contributed by atoms with Gasteiger partial charge in [-0.15, -0.1) is 0 Å². The van der Waals surface area contributed by atoms with Gasteiger partial charge in [-0.05, 0) is 64.2 Å². The molecule has 0 heterocycles. The number of hydrogen-bond acceptors (Lipinski definition) is 3. The summed E-state index contributed by atoms with van der Waals surface area (Å²) < 4.78 is 0. The third-order valence-electron chi connectivity index (χ3n) is 5.99. The zero-order chi connectivity index (χ0) is 25.8. The zero-order valence-electron chi connectivity index (χ0n) is 22.8. The van der Waals surface area contributed by atoms with Gasteiger partial charge in [-0.25, -0.2) is 0 Å². The van der Waals surface area contributed by atoms with E-state index < -0.39 is 12.1 Å². The van der Waals surface area contributed by atoms with Gasteiger partial charge >= 0.3 is 0 Å². The Morgan fingerprint density at radius 2 is 1.17 bits per heavy atom. The molecule has 0 saturated heterocycles. The maximum absolute atomic E-state index is 12.2. The molecule has 0 aliphatic rings. The molecule has 202 valence electrons. The van der Waals surface area contributed by atoms with Crippen LogP contribution in [0.25, 0.3) is 0 Å². The summed E-state index contributed by atoms with van der Waals surface area (Å²) in [5.41, 5.74) is 0. The van der Waals surface area contributed by atoms with E-state index in [1.165, 1.54) is 51.4 Å². The maximum atomic E-state index is 12.2. The number of hydrogen-bond donors (Lipinski definition) is 3. The molecule has 4 heteroatoms. The van der Waals surface area contributed by atoms with Crippen molar-refractivity contribution in [3.8, 4) is 0 Å². The fourth-order valence-electron chi connectivity index (χ4n) is 3.74. The number of nitrogens with one attached hydrogen (secondary N) is 1. The summed E-state index contributed by atoms with van der Waals surface area (Å²) in [6.45, 7) is 4.15. The summed E-state index contributed by atoms with van der Waals surface area (Å²) >= 11 is 0. The highest BCUT2D eigenvalue weighted by molar-refractivity contribution is 5.76. The van der Waals surface area contributed by atoms with Crippen LogP contribution in [0.5, 0.6) is 0 Å². The predicted octanol–water partition coefficient (Wildman–Crippen LogP) is 7.72. The van der Waals surface area contributed by atoms with Gasteiger partial charge in [0.25, 0.3) is 0 Å². The van der Waals surface area contributed by atoms with E-state index in [9.17, 15) is 15.0 Å². The number of carbonyl (C=O) groups excluding carboxylic acids is 1. The Morgan fingerprint density at radius 3 is 1.77 bits per heavy atom. The maximum Gasteiger partial charge on any atom is 0.220 e. The topological polar surface area (TPSA) is 69.6 Å². The van der Waals surface area contributed by atoms with Crippen molar-refractivity contribution in [3.63, 3.8) is 0 Å². The van der Waals surface area contributed by atoms with Crippen LogP contribution in [0, 0.1) is 0 Å². The van der Waals surface area contributed by atoms with E-state index in [0.717, 1.165) is 51.4 Å². The molecule has 0 aliphatic heterocycles. The van der Waals surface area contributed by atoms with Crippen molar-refractivity contribution in [1.82, 2.24) is 5.32 Å². The van der Waals surface area contributed by atoms with Gasteiger partial charge in [0.1, 0.15) is 0 Å². The van der Waals surface area contributed by atoms with Crippen LogP contribution in [-0.2, 0) is 4.79 Å². The molecule has 2 unspecified atom stereocenters. The number of amides is 1. The zero-order valence-corrected chi connectivity index (χ0v) is 22.8. The monoisotopic (exact) mass is 489 g/mol. The number of rotatable bonds is 24. The van der Waals surface area contributed by atoms with Crippen LogP contribution < -0.4 is 5.32 Å². The molecule has 0 radical (unpaired) electrons. The summed E-state index contributed by atoms with van der Waals surface area (Å²) in [5, 5.41) is 22.6. The Morgan fingerprint density at radius 1 is 0.657 bits per heavy atom. The summed E-state index contributed by atoms with van der Waals surface area (Å²) in [5.74, 6) is -0.0960. The normalized spacial score (nSPS) is 14.1. The van der Waals surface area contributed by atoms with E-state index in [1.54, 1.807) is 6.08 Å². The molecule has 0 saturated carbocycles. The molecule has 0 bridgehead atoms. The Labute approximate surface area is 216 Å². The average molecular weight is 490 g/mol. The minimum atomic E-state index is -0.869. The van der Waals surface area contributed by atoms with Crippen LogP contribution in [0.15, 0.2) is 48.6 Å². The van der Waals surface area contributed by atoms with Gasteiger partial charge in [0.15, 0.2) is 0 Å². The first-order chi connectivity index (χ1) is 17.2. The van der Waals surface area contributed by atoms with E-state index >= 15 is 0 Å². The Balaban J connectivity index is 3.84. The number of unbranched alkanes of at least 4 members (excludes halogenated alkanes) is 11. The van der Waals surface area contributed by atoms with Gasteiger partial charge in [0.2, 0.25) is 5.91 Å². The molecule has 0 spiro atoms. The molecule has 0 aromatic heterocycles. The average Bonchev–Trinajstić information content (AvgIpc) is 2.86. The van der Waals surface area contributed by atoms with Crippen LogP contribution >= 0.6 is 0 Å². The van der Waals surface area contributed by atoms with Gasteiger partial charge in [0, 0.05) is 6.42 Å². The second-order valence-electron chi connectivity index (χ2n) is 9.44. The van der Waals surface area contributed by atoms with Crippen LogP contribution in [0.2, 0.25) is 0 Å². The van der Waals surface area contributed by atoms with Crippen molar-refractivity contribution in [2.24, 2.45) is 0 Å². The summed E-state index contributed by atoms with van der Waals surface area (Å²) in [7, 11) is 0.